The summed E-state index contributed by atoms with van der Waals surface area (Å²) in [5, 5.41) is 0. The number of nitrogens with one attached hydrogen (secondary N) is 1. The van der Waals surface area contributed by atoms with Crippen molar-refractivity contribution in [2.24, 2.45) is 5.92 Å². The van der Waals surface area contributed by atoms with Gasteiger partial charge in [0.1, 0.15) is 5.75 Å². The second-order valence-electron chi connectivity index (χ2n) is 9.21. The average Bonchev–Trinajstić information content (AvgIpc) is 2.74. The Morgan fingerprint density at radius 2 is 2.00 bits per heavy atom. The number of hydrogen-bond donors (Lipinski definition) is 1. The summed E-state index contributed by atoms with van der Waals surface area (Å²) >= 11 is 0. The van der Waals surface area contributed by atoms with Crippen LogP contribution < -0.4 is 9.46 Å². The van der Waals surface area contributed by atoms with Crippen molar-refractivity contribution in [3.63, 3.8) is 0 Å². The van der Waals surface area contributed by atoms with Crippen molar-refractivity contribution in [3.05, 3.63) is 29.3 Å². The van der Waals surface area contributed by atoms with Crippen molar-refractivity contribution < 1.29 is 21.6 Å². The van der Waals surface area contributed by atoms with Crippen LogP contribution in [0.5, 0.6) is 5.75 Å². The Morgan fingerprint density at radius 3 is 2.75 bits per heavy atom. The van der Waals surface area contributed by atoms with Gasteiger partial charge in [-0.15, -0.1) is 0 Å². The van der Waals surface area contributed by atoms with Crippen molar-refractivity contribution in [3.8, 4) is 5.75 Å². The highest BCUT2D eigenvalue weighted by molar-refractivity contribution is 7.89. The highest BCUT2D eigenvalue weighted by Gasteiger charge is 2.45. The van der Waals surface area contributed by atoms with E-state index in [2.05, 4.69) is 21.8 Å². The van der Waals surface area contributed by atoms with Gasteiger partial charge in [-0.3, -0.25) is 4.90 Å². The normalized spacial score (nSPS) is 26.8. The number of rotatable bonds is 8. The Labute approximate surface area is 192 Å². The molecule has 0 radical (unpaired) electrons. The fourth-order valence-corrected chi connectivity index (χ4v) is 7.96. The molecule has 1 aromatic carbocycles. The van der Waals surface area contributed by atoms with Gasteiger partial charge in [-0.1, -0.05) is 6.07 Å². The Balaban J connectivity index is 1.49. The fraction of sp³-hybridized carbons (Fsp3) is 0.727. The number of ether oxygens (including phenoxy) is 1. The summed E-state index contributed by atoms with van der Waals surface area (Å²) < 4.78 is 58.7. The molecule has 3 heterocycles. The third kappa shape index (κ3) is 5.30. The van der Waals surface area contributed by atoms with E-state index in [0.717, 1.165) is 50.8 Å². The molecule has 0 bridgehead atoms. The molecule has 10 heteroatoms. The largest absolute Gasteiger partial charge is 0.494 e. The van der Waals surface area contributed by atoms with Gasteiger partial charge in [0, 0.05) is 38.3 Å². The Hall–Kier alpha value is -1.20. The van der Waals surface area contributed by atoms with Crippen LogP contribution in [0.3, 0.4) is 0 Å². The van der Waals surface area contributed by atoms with E-state index in [1.54, 1.807) is 4.31 Å². The number of fused-ring (bicyclic) bond motifs is 4. The summed E-state index contributed by atoms with van der Waals surface area (Å²) in [7, 11) is -6.75. The Morgan fingerprint density at radius 1 is 1.19 bits per heavy atom. The van der Waals surface area contributed by atoms with Gasteiger partial charge in [-0.2, -0.15) is 4.31 Å². The van der Waals surface area contributed by atoms with Crippen molar-refractivity contribution in [2.45, 2.75) is 51.1 Å². The van der Waals surface area contributed by atoms with E-state index in [9.17, 15) is 16.8 Å². The molecule has 1 N–H and O–H groups in total. The molecular weight excluding hydrogens is 450 g/mol. The number of benzene rings is 1. The topological polar surface area (TPSA) is 96.0 Å². The van der Waals surface area contributed by atoms with Crippen LogP contribution in [0.25, 0.3) is 0 Å². The van der Waals surface area contributed by atoms with Gasteiger partial charge in [-0.25, -0.2) is 21.6 Å². The van der Waals surface area contributed by atoms with E-state index in [-0.39, 0.29) is 30.8 Å². The maximum Gasteiger partial charge on any atom is 0.214 e. The molecule has 2 fully saturated rings. The monoisotopic (exact) mass is 485 g/mol. The summed E-state index contributed by atoms with van der Waals surface area (Å²) in [6.45, 7) is 5.27. The molecule has 32 heavy (non-hydrogen) atoms. The molecule has 3 aliphatic heterocycles. The van der Waals surface area contributed by atoms with E-state index in [1.165, 1.54) is 11.1 Å². The predicted octanol–water partition coefficient (Wildman–Crippen LogP) is 1.74. The molecule has 0 aromatic heterocycles. The predicted molar refractivity (Wildman–Crippen MR) is 125 cm³/mol. The zero-order valence-electron chi connectivity index (χ0n) is 19.0. The summed E-state index contributed by atoms with van der Waals surface area (Å²) in [6, 6.07) is 6.58. The lowest BCUT2D eigenvalue weighted by atomic mass is 9.77. The highest BCUT2D eigenvalue weighted by Crippen LogP contribution is 2.44. The zero-order valence-corrected chi connectivity index (χ0v) is 20.6. The van der Waals surface area contributed by atoms with Crippen LogP contribution in [-0.4, -0.2) is 76.9 Å². The first kappa shape index (κ1) is 23.9. The van der Waals surface area contributed by atoms with Crippen molar-refractivity contribution >= 4 is 20.0 Å². The first-order valence-electron chi connectivity index (χ1n) is 11.6. The summed E-state index contributed by atoms with van der Waals surface area (Å²) in [5.74, 6) is 1.23. The minimum absolute atomic E-state index is 0.00962. The summed E-state index contributed by atoms with van der Waals surface area (Å²) in [4.78, 5) is 2.54. The van der Waals surface area contributed by atoms with E-state index in [1.807, 2.05) is 13.0 Å². The van der Waals surface area contributed by atoms with Crippen LogP contribution >= 0.6 is 0 Å². The molecule has 0 aliphatic carbocycles. The van der Waals surface area contributed by atoms with E-state index in [0.29, 0.717) is 19.1 Å². The molecule has 0 amide bonds. The molecular formula is C22H35N3O5S2. The molecule has 180 valence electrons. The van der Waals surface area contributed by atoms with Crippen LogP contribution in [0.1, 0.15) is 49.8 Å². The van der Waals surface area contributed by atoms with Crippen LogP contribution in [-0.2, 0) is 26.5 Å². The number of piperidine rings is 2. The number of sulfonamides is 2. The number of hydrogen-bond acceptors (Lipinski definition) is 6. The lowest BCUT2D eigenvalue weighted by Crippen LogP contribution is -2.57. The first-order valence-corrected chi connectivity index (χ1v) is 15.1. The van der Waals surface area contributed by atoms with Gasteiger partial charge < -0.3 is 4.74 Å². The zero-order chi connectivity index (χ0) is 22.9. The van der Waals surface area contributed by atoms with Gasteiger partial charge in [0.05, 0.1) is 18.6 Å². The first-order chi connectivity index (χ1) is 15.2. The van der Waals surface area contributed by atoms with Crippen molar-refractivity contribution in [2.75, 3.05) is 44.8 Å². The molecule has 4 rings (SSSR count). The molecule has 3 atom stereocenters. The van der Waals surface area contributed by atoms with E-state index < -0.39 is 20.0 Å². The standard InChI is InChI=1S/C22H35N3O5S2/c1-3-30-19-7-8-20-17(14-19)9-12-24-16-18-6-4-11-25(21(18)15-22(20)24)32(28,29)13-5-10-23-31(2,26)27/h7-8,14,18,21-23H,3-6,9-13,15-16H2,1-2H3/t18-,21+,22+/m1/s1. The van der Waals surface area contributed by atoms with Gasteiger partial charge in [0.25, 0.3) is 0 Å². The molecule has 3 aliphatic rings. The second-order valence-corrected chi connectivity index (χ2v) is 13.1. The Bertz CT molecular complexity index is 1030. The SMILES string of the molecule is CCOc1ccc2c(c1)CCN1C[C@H]3CCCN(S(=O)(=O)CCCNS(C)(=O)=O)[C@H]3C[C@@H]21. The maximum atomic E-state index is 13.2. The van der Waals surface area contributed by atoms with Crippen molar-refractivity contribution in [1.82, 2.24) is 13.9 Å². The molecule has 2 saturated heterocycles. The molecule has 0 saturated carbocycles. The quantitative estimate of drug-likeness (QED) is 0.564. The van der Waals surface area contributed by atoms with Crippen LogP contribution in [0.15, 0.2) is 18.2 Å². The maximum absolute atomic E-state index is 13.2. The van der Waals surface area contributed by atoms with Gasteiger partial charge in [0.2, 0.25) is 20.0 Å². The minimum Gasteiger partial charge on any atom is -0.494 e. The average molecular weight is 486 g/mol. The lowest BCUT2D eigenvalue weighted by Gasteiger charge is -2.51. The van der Waals surface area contributed by atoms with Crippen molar-refractivity contribution in [1.29, 1.82) is 0 Å². The smallest absolute Gasteiger partial charge is 0.214 e. The number of nitrogens with zero attached hydrogens (tertiary/aromatic N) is 2. The van der Waals surface area contributed by atoms with Gasteiger partial charge in [0.15, 0.2) is 0 Å². The highest BCUT2D eigenvalue weighted by atomic mass is 32.2. The molecule has 0 unspecified atom stereocenters. The van der Waals surface area contributed by atoms with Gasteiger partial charge >= 0.3 is 0 Å². The Kier molecular flexibility index (Phi) is 7.17. The second kappa shape index (κ2) is 9.58. The summed E-state index contributed by atoms with van der Waals surface area (Å²) in [6.07, 6.45) is 5.12. The van der Waals surface area contributed by atoms with Crippen LogP contribution in [0.4, 0.5) is 0 Å². The third-order valence-corrected chi connectivity index (χ3v) is 9.70. The van der Waals surface area contributed by atoms with Crippen LogP contribution in [0.2, 0.25) is 0 Å². The minimum atomic E-state index is -3.44. The summed E-state index contributed by atoms with van der Waals surface area (Å²) in [5.41, 5.74) is 2.62. The third-order valence-electron chi connectivity index (χ3n) is 7.00. The molecule has 8 nitrogen and oxygen atoms in total. The van der Waals surface area contributed by atoms with Crippen LogP contribution in [0, 0.1) is 5.92 Å². The molecule has 0 spiro atoms. The lowest BCUT2D eigenvalue weighted by molar-refractivity contribution is 0.0219. The van der Waals surface area contributed by atoms with E-state index >= 15 is 0 Å². The molecule has 1 aromatic rings. The van der Waals surface area contributed by atoms with E-state index in [4.69, 9.17) is 4.74 Å². The van der Waals surface area contributed by atoms with Gasteiger partial charge in [-0.05, 0) is 68.2 Å². The fourth-order valence-electron chi connectivity index (χ4n) is 5.62.